The van der Waals surface area contributed by atoms with E-state index < -0.39 is 5.60 Å². The molecule has 0 aliphatic heterocycles. The minimum absolute atomic E-state index is 0.194. The van der Waals surface area contributed by atoms with Crippen molar-refractivity contribution in [3.8, 4) is 0 Å². The van der Waals surface area contributed by atoms with Crippen LogP contribution in [0.15, 0.2) is 22.9 Å². The van der Waals surface area contributed by atoms with E-state index in [0.717, 1.165) is 30.2 Å². The van der Waals surface area contributed by atoms with Crippen molar-refractivity contribution >= 4 is 21.8 Å². The average molecular weight is 327 g/mol. The fraction of sp³-hybridized carbons (Fsp3) is 0.571. The van der Waals surface area contributed by atoms with E-state index in [1.165, 1.54) is 6.20 Å². The summed E-state index contributed by atoms with van der Waals surface area (Å²) in [7, 11) is 0. The van der Waals surface area contributed by atoms with Crippen molar-refractivity contribution in [2.24, 2.45) is 5.92 Å². The van der Waals surface area contributed by atoms with Gasteiger partial charge < -0.3 is 10.4 Å². The molecule has 19 heavy (non-hydrogen) atoms. The molecule has 1 aliphatic carbocycles. The molecule has 1 aromatic rings. The van der Waals surface area contributed by atoms with Gasteiger partial charge in [0, 0.05) is 23.4 Å². The quantitative estimate of drug-likeness (QED) is 0.897. The Morgan fingerprint density at radius 1 is 1.53 bits per heavy atom. The van der Waals surface area contributed by atoms with Gasteiger partial charge in [0.2, 0.25) is 0 Å². The van der Waals surface area contributed by atoms with Crippen molar-refractivity contribution in [2.75, 3.05) is 6.54 Å². The highest BCUT2D eigenvalue weighted by Crippen LogP contribution is 2.31. The predicted molar refractivity (Wildman–Crippen MR) is 76.9 cm³/mol. The van der Waals surface area contributed by atoms with Crippen LogP contribution < -0.4 is 5.32 Å². The molecular weight excluding hydrogens is 308 g/mol. The molecule has 1 saturated carbocycles. The second-order valence-electron chi connectivity index (χ2n) is 5.48. The first-order chi connectivity index (χ1) is 8.98. The molecule has 104 valence electrons. The van der Waals surface area contributed by atoms with E-state index in [9.17, 15) is 9.90 Å². The molecule has 1 fully saturated rings. The van der Waals surface area contributed by atoms with Gasteiger partial charge in [-0.25, -0.2) is 0 Å². The average Bonchev–Trinajstić information content (AvgIpc) is 2.40. The first kappa shape index (κ1) is 14.5. The van der Waals surface area contributed by atoms with Crippen LogP contribution in [0.2, 0.25) is 0 Å². The lowest BCUT2D eigenvalue weighted by atomic mass is 9.79. The highest BCUT2D eigenvalue weighted by Gasteiger charge is 2.32. The zero-order valence-electron chi connectivity index (χ0n) is 11.0. The Hall–Kier alpha value is -0.940. The number of hydrogen-bond acceptors (Lipinski definition) is 3. The number of hydrogen-bond donors (Lipinski definition) is 2. The third kappa shape index (κ3) is 4.01. The fourth-order valence-corrected chi connectivity index (χ4v) is 2.72. The maximum Gasteiger partial charge on any atom is 0.252 e. The molecule has 0 bridgehead atoms. The molecule has 1 aliphatic rings. The largest absolute Gasteiger partial charge is 0.388 e. The number of carbonyl (C=O) groups is 1. The molecule has 0 saturated heterocycles. The molecule has 2 N–H and O–H groups in total. The summed E-state index contributed by atoms with van der Waals surface area (Å²) >= 11 is 3.28. The molecule has 0 radical (unpaired) electrons. The molecule has 5 heteroatoms. The number of amides is 1. The smallest absolute Gasteiger partial charge is 0.252 e. The van der Waals surface area contributed by atoms with Crippen LogP contribution in [0.1, 0.15) is 43.0 Å². The predicted octanol–water partition coefficient (Wildman–Crippen LogP) is 2.52. The normalized spacial score (nSPS) is 27.0. The van der Waals surface area contributed by atoms with Gasteiger partial charge in [-0.15, -0.1) is 0 Å². The van der Waals surface area contributed by atoms with Gasteiger partial charge in [-0.1, -0.05) is 6.92 Å². The first-order valence-electron chi connectivity index (χ1n) is 6.60. The van der Waals surface area contributed by atoms with Gasteiger partial charge in [-0.3, -0.25) is 9.78 Å². The Morgan fingerprint density at radius 2 is 2.21 bits per heavy atom. The maximum absolute atomic E-state index is 12.0. The monoisotopic (exact) mass is 326 g/mol. The number of pyridine rings is 1. The molecule has 0 spiro atoms. The van der Waals surface area contributed by atoms with Crippen molar-refractivity contribution in [3.63, 3.8) is 0 Å². The number of nitrogens with one attached hydrogen (secondary N) is 1. The van der Waals surface area contributed by atoms with Crippen molar-refractivity contribution < 1.29 is 9.90 Å². The Bertz CT molecular complexity index is 457. The van der Waals surface area contributed by atoms with E-state index in [1.807, 2.05) is 0 Å². The van der Waals surface area contributed by atoms with E-state index in [4.69, 9.17) is 0 Å². The van der Waals surface area contributed by atoms with E-state index >= 15 is 0 Å². The minimum atomic E-state index is -0.748. The van der Waals surface area contributed by atoms with E-state index in [1.54, 1.807) is 12.3 Å². The number of carbonyl (C=O) groups excluding carboxylic acids is 1. The zero-order chi connectivity index (χ0) is 13.9. The van der Waals surface area contributed by atoms with Crippen LogP contribution in [0.25, 0.3) is 0 Å². The number of aliphatic hydroxyl groups is 1. The van der Waals surface area contributed by atoms with E-state index in [2.05, 4.69) is 33.2 Å². The highest BCUT2D eigenvalue weighted by atomic mass is 79.9. The Kier molecular flexibility index (Phi) is 4.58. The number of rotatable bonds is 3. The second-order valence-corrected chi connectivity index (χ2v) is 6.40. The van der Waals surface area contributed by atoms with Gasteiger partial charge in [0.1, 0.15) is 0 Å². The summed E-state index contributed by atoms with van der Waals surface area (Å²) in [5.74, 6) is 0.478. The minimum Gasteiger partial charge on any atom is -0.388 e. The van der Waals surface area contributed by atoms with Crippen LogP contribution in [0.3, 0.4) is 0 Å². The third-order valence-corrected chi connectivity index (χ3v) is 4.18. The van der Waals surface area contributed by atoms with Crippen LogP contribution in [-0.2, 0) is 0 Å². The molecule has 2 rings (SSSR count). The van der Waals surface area contributed by atoms with Crippen molar-refractivity contribution in [1.82, 2.24) is 10.3 Å². The molecular formula is C14H19BrN2O2. The molecule has 4 nitrogen and oxygen atoms in total. The van der Waals surface area contributed by atoms with E-state index in [0.29, 0.717) is 18.0 Å². The Labute approximate surface area is 121 Å². The molecule has 0 aromatic carbocycles. The number of nitrogens with zero attached hydrogens (tertiary/aromatic N) is 1. The zero-order valence-corrected chi connectivity index (χ0v) is 12.6. The van der Waals surface area contributed by atoms with Crippen LogP contribution in [-0.4, -0.2) is 28.1 Å². The lowest BCUT2D eigenvalue weighted by molar-refractivity contribution is -0.00540. The third-order valence-electron chi connectivity index (χ3n) is 3.75. The summed E-state index contributed by atoms with van der Waals surface area (Å²) in [6, 6.07) is 1.72. The van der Waals surface area contributed by atoms with E-state index in [-0.39, 0.29) is 5.91 Å². The van der Waals surface area contributed by atoms with Gasteiger partial charge in [0.15, 0.2) is 0 Å². The SMILES string of the molecule is CC1CCC(O)(CNC(=O)c2cncc(Br)c2)CC1. The summed E-state index contributed by atoms with van der Waals surface area (Å²) < 4.78 is 0.769. The number of aromatic nitrogens is 1. The maximum atomic E-state index is 12.0. The summed E-state index contributed by atoms with van der Waals surface area (Å²) in [4.78, 5) is 15.9. The van der Waals surface area contributed by atoms with Gasteiger partial charge in [0.25, 0.3) is 5.91 Å². The topological polar surface area (TPSA) is 62.2 Å². The van der Waals surface area contributed by atoms with Crippen LogP contribution in [0.4, 0.5) is 0 Å². The summed E-state index contributed by atoms with van der Waals surface area (Å²) in [6.45, 7) is 2.51. The number of halogens is 1. The van der Waals surface area contributed by atoms with Crippen LogP contribution in [0.5, 0.6) is 0 Å². The van der Waals surface area contributed by atoms with Gasteiger partial charge >= 0.3 is 0 Å². The van der Waals surface area contributed by atoms with Crippen molar-refractivity contribution in [1.29, 1.82) is 0 Å². The molecule has 1 amide bonds. The van der Waals surface area contributed by atoms with Crippen LogP contribution in [0, 0.1) is 5.92 Å². The standard InChI is InChI=1S/C14H19BrN2O2/c1-10-2-4-14(19,5-3-10)9-17-13(18)11-6-12(15)8-16-7-11/h6-8,10,19H,2-5,9H2,1H3,(H,17,18). The first-order valence-corrected chi connectivity index (χ1v) is 7.39. The lowest BCUT2D eigenvalue weighted by Crippen LogP contribution is -2.45. The van der Waals surface area contributed by atoms with Crippen molar-refractivity contribution in [3.05, 3.63) is 28.5 Å². The lowest BCUT2D eigenvalue weighted by Gasteiger charge is -2.34. The van der Waals surface area contributed by atoms with Gasteiger partial charge in [-0.05, 0) is 53.6 Å². The molecule has 0 unspecified atom stereocenters. The summed E-state index contributed by atoms with van der Waals surface area (Å²) in [5, 5.41) is 13.2. The summed E-state index contributed by atoms with van der Waals surface area (Å²) in [6.07, 6.45) is 6.70. The molecule has 1 aromatic heterocycles. The van der Waals surface area contributed by atoms with Crippen LogP contribution >= 0.6 is 15.9 Å². The summed E-state index contributed by atoms with van der Waals surface area (Å²) in [5.41, 5.74) is -0.246. The van der Waals surface area contributed by atoms with Gasteiger partial charge in [0.05, 0.1) is 11.2 Å². The highest BCUT2D eigenvalue weighted by molar-refractivity contribution is 9.10. The fourth-order valence-electron chi connectivity index (χ4n) is 2.36. The molecule has 1 heterocycles. The Morgan fingerprint density at radius 3 is 2.84 bits per heavy atom. The Balaban J connectivity index is 1.90. The van der Waals surface area contributed by atoms with Crippen molar-refractivity contribution in [2.45, 2.75) is 38.2 Å². The van der Waals surface area contributed by atoms with Gasteiger partial charge in [-0.2, -0.15) is 0 Å². The second kappa shape index (κ2) is 6.01. The molecule has 0 atom stereocenters.